The molecule has 5 nitrogen and oxygen atoms in total. The van der Waals surface area contributed by atoms with Gasteiger partial charge in [0.2, 0.25) is 0 Å². The van der Waals surface area contributed by atoms with Crippen molar-refractivity contribution < 1.29 is 13.9 Å². The summed E-state index contributed by atoms with van der Waals surface area (Å²) in [5, 5.41) is 3.06. The van der Waals surface area contributed by atoms with Crippen molar-refractivity contribution >= 4 is 12.0 Å². The summed E-state index contributed by atoms with van der Waals surface area (Å²) < 4.78 is 9.95. The number of carbonyl (C=O) groups is 1. The predicted octanol–water partition coefficient (Wildman–Crippen LogP) is 2.45. The zero-order valence-electron chi connectivity index (χ0n) is 10.1. The first kappa shape index (κ1) is 12.0. The van der Waals surface area contributed by atoms with Crippen LogP contribution in [0.1, 0.15) is 43.1 Å². The highest BCUT2D eigenvalue weighted by atomic mass is 16.5. The van der Waals surface area contributed by atoms with Crippen molar-refractivity contribution in [3.8, 4) is 0 Å². The Morgan fingerprint density at radius 3 is 3.18 bits per heavy atom. The number of nitrogens with one attached hydrogen (secondary N) is 1. The van der Waals surface area contributed by atoms with Crippen molar-refractivity contribution in [2.45, 2.75) is 32.6 Å². The van der Waals surface area contributed by atoms with Gasteiger partial charge in [0.15, 0.2) is 5.69 Å². The molecule has 0 aromatic carbocycles. The van der Waals surface area contributed by atoms with Crippen molar-refractivity contribution in [2.75, 3.05) is 18.5 Å². The maximum atomic E-state index is 11.3. The van der Waals surface area contributed by atoms with E-state index in [9.17, 15) is 4.79 Å². The number of ether oxygens (including phenoxy) is 1. The van der Waals surface area contributed by atoms with E-state index in [0.717, 1.165) is 18.9 Å². The summed E-state index contributed by atoms with van der Waals surface area (Å²) in [7, 11) is 0. The second-order valence-corrected chi connectivity index (χ2v) is 4.27. The average Bonchev–Trinajstić information content (AvgIpc) is 3.02. The molecule has 0 saturated heterocycles. The molecule has 0 spiro atoms. The van der Waals surface area contributed by atoms with E-state index in [-0.39, 0.29) is 5.69 Å². The molecular formula is C12H18N2O3. The van der Waals surface area contributed by atoms with E-state index in [1.54, 1.807) is 6.92 Å². The molecule has 0 bridgehead atoms. The van der Waals surface area contributed by atoms with E-state index in [2.05, 4.69) is 10.3 Å². The van der Waals surface area contributed by atoms with Crippen LogP contribution >= 0.6 is 0 Å². The Morgan fingerprint density at radius 1 is 1.65 bits per heavy atom. The molecule has 0 unspecified atom stereocenters. The highest BCUT2D eigenvalue weighted by Crippen LogP contribution is 2.33. The minimum atomic E-state index is -0.442. The van der Waals surface area contributed by atoms with Crippen molar-refractivity contribution in [2.24, 2.45) is 5.92 Å². The molecule has 0 aliphatic heterocycles. The Kier molecular flexibility index (Phi) is 4.01. The minimum Gasteiger partial charge on any atom is -0.461 e. The lowest BCUT2D eigenvalue weighted by Crippen LogP contribution is -2.06. The molecule has 1 aromatic heterocycles. The molecule has 0 amide bonds. The van der Waals surface area contributed by atoms with E-state index < -0.39 is 5.97 Å². The van der Waals surface area contributed by atoms with Crippen molar-refractivity contribution in [3.63, 3.8) is 0 Å². The van der Waals surface area contributed by atoms with E-state index in [1.165, 1.54) is 25.5 Å². The van der Waals surface area contributed by atoms with Gasteiger partial charge >= 0.3 is 5.97 Å². The molecule has 1 saturated carbocycles. The number of anilines is 1. The largest absolute Gasteiger partial charge is 0.461 e. The summed E-state index contributed by atoms with van der Waals surface area (Å²) in [6.45, 7) is 2.93. The number of carbonyl (C=O) groups excluding carboxylic acids is 1. The fourth-order valence-corrected chi connectivity index (χ4v) is 1.65. The summed E-state index contributed by atoms with van der Waals surface area (Å²) in [5.41, 5.74) is 0.219. The molecule has 17 heavy (non-hydrogen) atoms. The second-order valence-electron chi connectivity index (χ2n) is 4.27. The number of nitrogens with zero attached hydrogens (tertiary/aromatic N) is 1. The Balaban J connectivity index is 1.71. The van der Waals surface area contributed by atoms with E-state index in [1.807, 2.05) is 0 Å². The highest BCUT2D eigenvalue weighted by molar-refractivity contribution is 5.87. The zero-order valence-corrected chi connectivity index (χ0v) is 10.1. The van der Waals surface area contributed by atoms with Crippen molar-refractivity contribution in [3.05, 3.63) is 12.0 Å². The number of esters is 1. The summed E-state index contributed by atoms with van der Waals surface area (Å²) in [6.07, 6.45) is 6.46. The van der Waals surface area contributed by atoms with Crippen molar-refractivity contribution in [1.82, 2.24) is 4.98 Å². The van der Waals surface area contributed by atoms with Crippen LogP contribution in [0.3, 0.4) is 0 Å². The molecule has 1 heterocycles. The van der Waals surface area contributed by atoms with Gasteiger partial charge in [0, 0.05) is 6.54 Å². The molecule has 2 rings (SSSR count). The summed E-state index contributed by atoms with van der Waals surface area (Å²) in [4.78, 5) is 15.3. The Bertz CT molecular complexity index is 372. The maximum absolute atomic E-state index is 11.3. The monoisotopic (exact) mass is 238 g/mol. The van der Waals surface area contributed by atoms with Gasteiger partial charge in [-0.2, -0.15) is 4.98 Å². The molecule has 1 N–H and O–H groups in total. The number of oxazole rings is 1. The highest BCUT2D eigenvalue weighted by Gasteiger charge is 2.20. The van der Waals surface area contributed by atoms with Gasteiger partial charge in [0.05, 0.1) is 6.61 Å². The lowest BCUT2D eigenvalue weighted by Gasteiger charge is -2.00. The lowest BCUT2D eigenvalue weighted by molar-refractivity contribution is 0.0519. The van der Waals surface area contributed by atoms with Crippen LogP contribution in [-0.2, 0) is 4.74 Å². The lowest BCUT2D eigenvalue weighted by atomic mass is 10.2. The van der Waals surface area contributed by atoms with Gasteiger partial charge < -0.3 is 14.5 Å². The summed E-state index contributed by atoms with van der Waals surface area (Å²) >= 11 is 0. The van der Waals surface area contributed by atoms with Gasteiger partial charge in [-0.05, 0) is 25.7 Å². The van der Waals surface area contributed by atoms with E-state index >= 15 is 0 Å². The fraction of sp³-hybridized carbons (Fsp3) is 0.667. The van der Waals surface area contributed by atoms with Crippen LogP contribution in [-0.4, -0.2) is 24.1 Å². The van der Waals surface area contributed by atoms with Gasteiger partial charge in [-0.25, -0.2) is 4.79 Å². The Morgan fingerprint density at radius 2 is 2.47 bits per heavy atom. The smallest absolute Gasteiger partial charge is 0.360 e. The van der Waals surface area contributed by atoms with E-state index in [4.69, 9.17) is 9.15 Å². The topological polar surface area (TPSA) is 64.4 Å². The third kappa shape index (κ3) is 3.76. The van der Waals surface area contributed by atoms with Crippen LogP contribution in [0, 0.1) is 5.92 Å². The molecule has 5 heteroatoms. The fourth-order valence-electron chi connectivity index (χ4n) is 1.65. The summed E-state index contributed by atoms with van der Waals surface area (Å²) in [6, 6.07) is 0.392. The van der Waals surface area contributed by atoms with Gasteiger partial charge in [0.1, 0.15) is 6.26 Å². The molecule has 0 atom stereocenters. The number of rotatable bonds is 7. The van der Waals surface area contributed by atoms with Gasteiger partial charge in [0.25, 0.3) is 6.01 Å². The summed E-state index contributed by atoms with van der Waals surface area (Å²) in [5.74, 6) is 0.499. The second kappa shape index (κ2) is 5.70. The first-order valence-corrected chi connectivity index (χ1v) is 6.16. The van der Waals surface area contributed by atoms with Gasteiger partial charge in [-0.15, -0.1) is 0 Å². The van der Waals surface area contributed by atoms with Gasteiger partial charge in [-0.3, -0.25) is 0 Å². The first-order chi connectivity index (χ1) is 8.29. The third-order valence-corrected chi connectivity index (χ3v) is 2.75. The molecular weight excluding hydrogens is 220 g/mol. The van der Waals surface area contributed by atoms with E-state index in [0.29, 0.717) is 12.6 Å². The number of hydrogen-bond acceptors (Lipinski definition) is 5. The Hall–Kier alpha value is -1.52. The van der Waals surface area contributed by atoms with Crippen LogP contribution < -0.4 is 5.32 Å². The predicted molar refractivity (Wildman–Crippen MR) is 62.9 cm³/mol. The standard InChI is InChI=1S/C12H18N2O3/c1-2-16-11(15)10-8-17-12(14-10)13-7-3-4-9-5-6-9/h8-9H,2-7H2,1H3,(H,13,14). The van der Waals surface area contributed by atoms with Gasteiger partial charge in [-0.1, -0.05) is 12.8 Å². The molecule has 1 aliphatic rings. The molecule has 94 valence electrons. The molecule has 0 radical (unpaired) electrons. The normalized spacial score (nSPS) is 14.6. The number of hydrogen-bond donors (Lipinski definition) is 1. The minimum absolute atomic E-state index is 0.219. The third-order valence-electron chi connectivity index (χ3n) is 2.75. The van der Waals surface area contributed by atoms with Crippen LogP contribution in [0.25, 0.3) is 0 Å². The van der Waals surface area contributed by atoms with Crippen molar-refractivity contribution in [1.29, 1.82) is 0 Å². The van der Waals surface area contributed by atoms with Crippen LogP contribution in [0.4, 0.5) is 6.01 Å². The SMILES string of the molecule is CCOC(=O)c1coc(NCCCC2CC2)n1. The first-order valence-electron chi connectivity index (χ1n) is 6.16. The van der Waals surface area contributed by atoms with Crippen LogP contribution in [0.5, 0.6) is 0 Å². The molecule has 1 aromatic rings. The number of aromatic nitrogens is 1. The maximum Gasteiger partial charge on any atom is 0.360 e. The molecule has 1 aliphatic carbocycles. The van der Waals surface area contributed by atoms with Crippen LogP contribution in [0.2, 0.25) is 0 Å². The average molecular weight is 238 g/mol. The molecule has 1 fully saturated rings. The van der Waals surface area contributed by atoms with Crippen LogP contribution in [0.15, 0.2) is 10.7 Å². The Labute approximate surface area is 101 Å². The quantitative estimate of drug-likeness (QED) is 0.584. The zero-order chi connectivity index (χ0) is 12.1.